The summed E-state index contributed by atoms with van der Waals surface area (Å²) in [6.45, 7) is 4.12. The highest BCUT2D eigenvalue weighted by atomic mass is 16.5. The Labute approximate surface area is 197 Å². The van der Waals surface area contributed by atoms with Crippen LogP contribution in [0.15, 0.2) is 77.9 Å². The lowest BCUT2D eigenvalue weighted by Crippen LogP contribution is -2.40. The Bertz CT molecular complexity index is 1420. The number of para-hydroxylation sites is 1. The Kier molecular flexibility index (Phi) is 5.28. The summed E-state index contributed by atoms with van der Waals surface area (Å²) in [5.41, 5.74) is 2.64. The normalized spacial score (nSPS) is 15.0. The molecule has 5 rings (SSSR count). The average molecular weight is 456 g/mol. The first-order valence-corrected chi connectivity index (χ1v) is 11.1. The lowest BCUT2D eigenvalue weighted by Gasteiger charge is -2.32. The van der Waals surface area contributed by atoms with E-state index in [0.717, 1.165) is 17.8 Å². The van der Waals surface area contributed by atoms with Crippen LogP contribution in [0.4, 0.5) is 5.69 Å². The van der Waals surface area contributed by atoms with Gasteiger partial charge in [-0.2, -0.15) is 10.2 Å². The number of anilines is 1. The van der Waals surface area contributed by atoms with E-state index in [4.69, 9.17) is 4.74 Å². The number of aromatic nitrogens is 4. The molecular formula is C26H25N5O3. The van der Waals surface area contributed by atoms with Gasteiger partial charge in [0.25, 0.3) is 0 Å². The number of ether oxygens (including phenoxy) is 1. The monoisotopic (exact) mass is 455 g/mol. The van der Waals surface area contributed by atoms with Crippen LogP contribution in [0.2, 0.25) is 0 Å². The molecule has 1 fully saturated rings. The highest BCUT2D eigenvalue weighted by Gasteiger charge is 2.38. The Morgan fingerprint density at radius 2 is 1.76 bits per heavy atom. The molecule has 0 aliphatic carbocycles. The van der Waals surface area contributed by atoms with Gasteiger partial charge < -0.3 is 9.64 Å². The quantitative estimate of drug-likeness (QED) is 0.454. The Hall–Kier alpha value is -4.20. The van der Waals surface area contributed by atoms with E-state index in [-0.39, 0.29) is 22.6 Å². The second-order valence-electron chi connectivity index (χ2n) is 8.83. The molecule has 2 aromatic heterocycles. The summed E-state index contributed by atoms with van der Waals surface area (Å²) in [7, 11) is 1.58. The third kappa shape index (κ3) is 3.67. The molecule has 1 amide bonds. The van der Waals surface area contributed by atoms with Gasteiger partial charge in [-0.15, -0.1) is 0 Å². The minimum absolute atomic E-state index is 0.0951. The van der Waals surface area contributed by atoms with Crippen molar-refractivity contribution in [1.29, 1.82) is 0 Å². The number of hydrogen-bond donors (Lipinski definition) is 0. The summed E-state index contributed by atoms with van der Waals surface area (Å²) >= 11 is 0. The van der Waals surface area contributed by atoms with Crippen LogP contribution >= 0.6 is 0 Å². The van der Waals surface area contributed by atoms with Crippen LogP contribution in [0.1, 0.15) is 26.7 Å². The van der Waals surface area contributed by atoms with Crippen molar-refractivity contribution < 1.29 is 9.53 Å². The number of benzene rings is 2. The lowest BCUT2D eigenvalue weighted by atomic mass is 10.0. The van der Waals surface area contributed by atoms with Gasteiger partial charge in [-0.3, -0.25) is 9.59 Å². The van der Waals surface area contributed by atoms with Gasteiger partial charge in [0.15, 0.2) is 5.69 Å². The molecule has 1 saturated heterocycles. The van der Waals surface area contributed by atoms with Gasteiger partial charge in [0.05, 0.1) is 24.7 Å². The second kappa shape index (κ2) is 8.30. The molecule has 1 aliphatic rings. The Balaban J connectivity index is 1.58. The molecule has 0 radical (unpaired) electrons. The number of hydrogen-bond acceptors (Lipinski definition) is 5. The molecule has 0 atom stereocenters. The molecule has 172 valence electrons. The molecule has 8 heteroatoms. The summed E-state index contributed by atoms with van der Waals surface area (Å²) in [5.74, 6) is 0.643. The maximum Gasteiger partial charge on any atom is 0.227 e. The van der Waals surface area contributed by atoms with Gasteiger partial charge in [0.1, 0.15) is 11.4 Å². The largest absolute Gasteiger partial charge is 0.494 e. The maximum atomic E-state index is 12.8. The van der Waals surface area contributed by atoms with Crippen LogP contribution in [-0.2, 0) is 4.79 Å². The molecule has 3 heterocycles. The molecule has 0 N–H and O–H groups in total. The van der Waals surface area contributed by atoms with Gasteiger partial charge in [-0.05, 0) is 50.6 Å². The minimum Gasteiger partial charge on any atom is -0.494 e. The van der Waals surface area contributed by atoms with Gasteiger partial charge in [0.2, 0.25) is 11.3 Å². The predicted molar refractivity (Wildman–Crippen MR) is 130 cm³/mol. The molecule has 34 heavy (non-hydrogen) atoms. The molecular weight excluding hydrogens is 430 g/mol. The zero-order valence-electron chi connectivity index (χ0n) is 19.3. The summed E-state index contributed by atoms with van der Waals surface area (Å²) in [6, 6.07) is 18.4. The highest BCUT2D eigenvalue weighted by molar-refractivity contribution is 5.97. The summed E-state index contributed by atoms with van der Waals surface area (Å²) in [4.78, 5) is 27.1. The lowest BCUT2D eigenvalue weighted by molar-refractivity contribution is -0.117. The van der Waals surface area contributed by atoms with Crippen molar-refractivity contribution in [1.82, 2.24) is 19.6 Å². The fourth-order valence-corrected chi connectivity index (χ4v) is 4.44. The Morgan fingerprint density at radius 1 is 0.971 bits per heavy atom. The van der Waals surface area contributed by atoms with E-state index in [2.05, 4.69) is 24.0 Å². The fourth-order valence-electron chi connectivity index (χ4n) is 4.44. The van der Waals surface area contributed by atoms with E-state index in [0.29, 0.717) is 23.6 Å². The van der Waals surface area contributed by atoms with Crippen molar-refractivity contribution in [2.75, 3.05) is 12.0 Å². The van der Waals surface area contributed by atoms with E-state index >= 15 is 0 Å². The first kappa shape index (κ1) is 21.6. The second-order valence-corrected chi connectivity index (χ2v) is 8.83. The van der Waals surface area contributed by atoms with Crippen molar-refractivity contribution in [2.45, 2.75) is 32.2 Å². The molecule has 0 unspecified atom stereocenters. The van der Waals surface area contributed by atoms with Crippen molar-refractivity contribution in [3.8, 4) is 28.5 Å². The van der Waals surface area contributed by atoms with E-state index in [9.17, 15) is 9.59 Å². The third-order valence-electron chi connectivity index (χ3n) is 6.17. The van der Waals surface area contributed by atoms with Gasteiger partial charge in [0, 0.05) is 36.0 Å². The van der Waals surface area contributed by atoms with Crippen molar-refractivity contribution in [3.63, 3.8) is 0 Å². The molecule has 4 aromatic rings. The number of methoxy groups -OCH3 is 1. The zero-order valence-corrected chi connectivity index (χ0v) is 19.3. The van der Waals surface area contributed by atoms with E-state index in [1.54, 1.807) is 34.9 Å². The minimum atomic E-state index is -0.262. The van der Waals surface area contributed by atoms with Crippen LogP contribution in [0.3, 0.4) is 0 Å². The maximum absolute atomic E-state index is 12.8. The molecule has 0 spiro atoms. The van der Waals surface area contributed by atoms with Crippen LogP contribution in [0, 0.1) is 0 Å². The Morgan fingerprint density at radius 3 is 2.47 bits per heavy atom. The smallest absolute Gasteiger partial charge is 0.227 e. The standard InChI is InChI=1S/C26H25N5O3/c1-26(2)14-11-24(33)30(26)19-9-10-20(23(17-19)34-3)29-16-13-22(32)25(28-29)21-12-15-27-31(21)18-7-5-4-6-8-18/h4-10,12-13,15-17H,11,14H2,1-3H3. The number of carbonyl (C=O) groups excluding carboxylic acids is 1. The summed E-state index contributed by atoms with van der Waals surface area (Å²) < 4.78 is 8.96. The van der Waals surface area contributed by atoms with Crippen LogP contribution in [0.25, 0.3) is 22.8 Å². The third-order valence-corrected chi connectivity index (χ3v) is 6.17. The summed E-state index contributed by atoms with van der Waals surface area (Å²) in [6.07, 6.45) is 4.58. The van der Waals surface area contributed by atoms with Gasteiger partial charge >= 0.3 is 0 Å². The van der Waals surface area contributed by atoms with Crippen LogP contribution < -0.4 is 15.1 Å². The highest BCUT2D eigenvalue weighted by Crippen LogP contribution is 2.37. The molecule has 0 saturated carbocycles. The number of amides is 1. The van der Waals surface area contributed by atoms with E-state index in [1.807, 2.05) is 53.4 Å². The van der Waals surface area contributed by atoms with Crippen LogP contribution in [-0.4, -0.2) is 38.1 Å². The molecule has 2 aromatic carbocycles. The first-order valence-electron chi connectivity index (χ1n) is 11.1. The van der Waals surface area contributed by atoms with Crippen molar-refractivity contribution >= 4 is 11.6 Å². The van der Waals surface area contributed by atoms with Crippen molar-refractivity contribution in [3.05, 3.63) is 83.3 Å². The van der Waals surface area contributed by atoms with E-state index in [1.165, 1.54) is 6.07 Å². The topological polar surface area (TPSA) is 82.3 Å². The average Bonchev–Trinajstić information content (AvgIpc) is 3.43. The molecule has 0 bridgehead atoms. The van der Waals surface area contributed by atoms with E-state index < -0.39 is 0 Å². The van der Waals surface area contributed by atoms with Gasteiger partial charge in [-0.25, -0.2) is 9.36 Å². The fraction of sp³-hybridized carbons (Fsp3) is 0.231. The van der Waals surface area contributed by atoms with Gasteiger partial charge in [-0.1, -0.05) is 18.2 Å². The predicted octanol–water partition coefficient (Wildman–Crippen LogP) is 4.00. The summed E-state index contributed by atoms with van der Waals surface area (Å²) in [5, 5.41) is 9.02. The molecule has 8 nitrogen and oxygen atoms in total. The zero-order chi connectivity index (χ0) is 23.9. The first-order chi connectivity index (χ1) is 16.4. The SMILES string of the molecule is COc1cc(N2C(=O)CCC2(C)C)ccc1-n1ccc(=O)c(-c2ccnn2-c2ccccc2)n1. The molecule has 1 aliphatic heterocycles. The number of carbonyl (C=O) groups is 1. The van der Waals surface area contributed by atoms with Crippen LogP contribution in [0.5, 0.6) is 5.75 Å². The number of nitrogens with zero attached hydrogens (tertiary/aromatic N) is 5. The van der Waals surface area contributed by atoms with Crippen molar-refractivity contribution in [2.24, 2.45) is 0 Å². The number of rotatable bonds is 5.